The van der Waals surface area contributed by atoms with Crippen molar-refractivity contribution in [3.05, 3.63) is 53.6 Å². The van der Waals surface area contributed by atoms with E-state index in [2.05, 4.69) is 6.08 Å². The van der Waals surface area contributed by atoms with Gasteiger partial charge in [-0.3, -0.25) is 14.4 Å². The van der Waals surface area contributed by atoms with Crippen LogP contribution in [0.1, 0.15) is 40.5 Å². The van der Waals surface area contributed by atoms with Gasteiger partial charge in [-0.1, -0.05) is 75.2 Å². The van der Waals surface area contributed by atoms with Crippen molar-refractivity contribution in [1.82, 2.24) is 9.80 Å². The summed E-state index contributed by atoms with van der Waals surface area (Å²) in [5, 5.41) is 11.0. The average molecular weight is 572 g/mol. The molecule has 4 aliphatic heterocycles. The quantitative estimate of drug-likeness (QED) is 0.497. The number of rotatable bonds is 7. The first-order chi connectivity index (χ1) is 18.6. The predicted molar refractivity (Wildman–Crippen MR) is 156 cm³/mol. The zero-order valence-corrected chi connectivity index (χ0v) is 24.6. The number of hydrogen-bond donors (Lipinski definition) is 1. The Balaban J connectivity index is 1.69. The maximum atomic E-state index is 14.7. The Bertz CT molecular complexity index is 1220. The van der Waals surface area contributed by atoms with Gasteiger partial charge in [0.1, 0.15) is 6.04 Å². The molecule has 0 aliphatic carbocycles. The molecule has 1 aromatic carbocycles. The molecule has 0 aromatic heterocycles. The molecule has 9 heteroatoms. The monoisotopic (exact) mass is 571 g/mol. The number of thioether (sulfide) groups is 1. The van der Waals surface area contributed by atoms with Crippen molar-refractivity contribution in [2.75, 3.05) is 31.1 Å². The maximum Gasteiger partial charge on any atom is 0.251 e. The molecule has 2 saturated heterocycles. The number of nitrogens with zero attached hydrogens (tertiary/aromatic N) is 3. The number of anilines is 1. The Morgan fingerprint density at radius 1 is 1.05 bits per heavy atom. The molecular formula is C30H38ClN3O4S. The van der Waals surface area contributed by atoms with Gasteiger partial charge in [0.2, 0.25) is 11.8 Å². The highest BCUT2D eigenvalue weighted by Crippen LogP contribution is 2.66. The number of likely N-dealkylation sites (tertiary alicyclic amines) is 1. The summed E-state index contributed by atoms with van der Waals surface area (Å²) in [5.74, 6) is -1.88. The topological polar surface area (TPSA) is 81.2 Å². The van der Waals surface area contributed by atoms with Crippen LogP contribution in [0.3, 0.4) is 0 Å². The lowest BCUT2D eigenvalue weighted by atomic mass is 9.74. The van der Waals surface area contributed by atoms with Gasteiger partial charge in [0.15, 0.2) is 0 Å². The summed E-state index contributed by atoms with van der Waals surface area (Å²) in [4.78, 5) is 48.5. The first kappa shape index (κ1) is 28.2. The molecule has 0 saturated carbocycles. The Morgan fingerprint density at radius 2 is 1.77 bits per heavy atom. The van der Waals surface area contributed by atoms with Gasteiger partial charge in [-0.05, 0) is 31.4 Å². The number of para-hydroxylation sites is 1. The van der Waals surface area contributed by atoms with Gasteiger partial charge in [-0.25, -0.2) is 0 Å². The summed E-state index contributed by atoms with van der Waals surface area (Å²) in [5.41, 5.74) is 0.583. The van der Waals surface area contributed by atoms with Gasteiger partial charge < -0.3 is 19.8 Å². The molecule has 1 aromatic rings. The smallest absolute Gasteiger partial charge is 0.251 e. The fraction of sp³-hybridized carbons (Fsp3) is 0.567. The molecule has 3 amide bonds. The number of carbonyl (C=O) groups is 3. The molecule has 0 radical (unpaired) electrons. The van der Waals surface area contributed by atoms with E-state index < -0.39 is 33.4 Å². The second-order valence-electron chi connectivity index (χ2n) is 11.4. The largest absolute Gasteiger partial charge is 0.394 e. The second kappa shape index (κ2) is 10.6. The van der Waals surface area contributed by atoms with E-state index in [-0.39, 0.29) is 30.2 Å². The van der Waals surface area contributed by atoms with E-state index in [1.165, 1.54) is 0 Å². The predicted octanol–water partition coefficient (Wildman–Crippen LogP) is 4.15. The summed E-state index contributed by atoms with van der Waals surface area (Å²) < 4.78 is -1.61. The summed E-state index contributed by atoms with van der Waals surface area (Å²) in [6, 6.07) is 5.78. The molecule has 39 heavy (non-hydrogen) atoms. The minimum absolute atomic E-state index is 0.0372. The van der Waals surface area contributed by atoms with Gasteiger partial charge >= 0.3 is 0 Å². The summed E-state index contributed by atoms with van der Waals surface area (Å²) in [7, 11) is 0. The highest BCUT2D eigenvalue weighted by molar-refractivity contribution is 8.02. The number of benzene rings is 1. The molecular weight excluding hydrogens is 534 g/mol. The minimum atomic E-state index is -0.959. The maximum absolute atomic E-state index is 14.7. The lowest BCUT2D eigenvalue weighted by Gasteiger charge is -2.41. The van der Waals surface area contributed by atoms with E-state index in [0.29, 0.717) is 30.3 Å². The fourth-order valence-electron chi connectivity index (χ4n) is 7.04. The van der Waals surface area contributed by atoms with Crippen LogP contribution in [0.25, 0.3) is 0 Å². The third-order valence-corrected chi connectivity index (χ3v) is 11.2. The Labute approximate surface area is 240 Å². The molecule has 7 nitrogen and oxygen atoms in total. The zero-order chi connectivity index (χ0) is 28.1. The number of fused-ring (bicyclic) bond motifs is 2. The van der Waals surface area contributed by atoms with Crippen molar-refractivity contribution in [3.63, 3.8) is 0 Å². The molecule has 1 N–H and O–H groups in total. The van der Waals surface area contributed by atoms with Crippen molar-refractivity contribution < 1.29 is 19.5 Å². The van der Waals surface area contributed by atoms with E-state index in [9.17, 15) is 19.5 Å². The number of aliphatic hydroxyl groups excluding tert-OH is 1. The molecule has 1 unspecified atom stereocenters. The minimum Gasteiger partial charge on any atom is -0.394 e. The first-order valence-corrected chi connectivity index (χ1v) is 15.2. The molecule has 1 spiro atoms. The van der Waals surface area contributed by atoms with Crippen molar-refractivity contribution in [2.45, 2.75) is 62.1 Å². The van der Waals surface area contributed by atoms with Crippen LogP contribution in [0.15, 0.2) is 48.6 Å². The number of carbonyl (C=O) groups excluding carboxylic acids is 3. The third-order valence-electron chi connectivity index (χ3n) is 9.06. The Kier molecular flexibility index (Phi) is 7.68. The number of aliphatic hydroxyl groups is 1. The normalized spacial score (nSPS) is 33.5. The van der Waals surface area contributed by atoms with Gasteiger partial charge in [-0.15, -0.1) is 11.8 Å². The van der Waals surface area contributed by atoms with Gasteiger partial charge in [0.05, 0.1) is 39.9 Å². The van der Waals surface area contributed by atoms with Gasteiger partial charge in [0, 0.05) is 24.4 Å². The first-order valence-electron chi connectivity index (χ1n) is 14.0. The van der Waals surface area contributed by atoms with Crippen LogP contribution in [0, 0.1) is 17.8 Å². The summed E-state index contributed by atoms with van der Waals surface area (Å²) in [6.45, 7) is 9.26. The molecule has 0 bridgehead atoms. The van der Waals surface area contributed by atoms with Crippen molar-refractivity contribution in [3.8, 4) is 0 Å². The van der Waals surface area contributed by atoms with E-state index >= 15 is 0 Å². The summed E-state index contributed by atoms with van der Waals surface area (Å²) in [6.07, 6.45) is 9.62. The number of hydrogen-bond acceptors (Lipinski definition) is 5. The standard InChI is InChI=1S/C30H38ClN3O4S/c1-5-15-32-16-9-13-29(4)23(26(32)36)24-27(37)34(22(18-35)19(3)6-2)25-28(38)33(17-10-14-30(24,25)39-29)21-12-8-7-11-20(21)31/h7-14,19,22-25,35H,5-6,15-18H2,1-4H3/t19-,22-,23+,24-,25?,29-,30-/m0/s1. The van der Waals surface area contributed by atoms with Crippen molar-refractivity contribution >= 4 is 46.8 Å². The van der Waals surface area contributed by atoms with Crippen LogP contribution in [0.4, 0.5) is 5.69 Å². The molecule has 2 fully saturated rings. The second-order valence-corrected chi connectivity index (χ2v) is 13.6. The van der Waals surface area contributed by atoms with Crippen LogP contribution >= 0.6 is 23.4 Å². The SMILES string of the molecule is CCCN1CC=C[C@]2(C)S[C@]34C=CCN(c5ccccc5Cl)C(=O)C3N([C@@H](CO)[C@@H](C)CC)C(=O)[C@@H]4[C@@H]2C1=O. The molecule has 7 atom stereocenters. The highest BCUT2D eigenvalue weighted by Gasteiger charge is 2.74. The lowest BCUT2D eigenvalue weighted by molar-refractivity contribution is -0.146. The molecule has 4 aliphatic rings. The fourth-order valence-corrected chi connectivity index (χ4v) is 9.42. The Morgan fingerprint density at radius 3 is 2.44 bits per heavy atom. The number of amides is 3. The van der Waals surface area contributed by atoms with Crippen molar-refractivity contribution in [2.24, 2.45) is 17.8 Å². The van der Waals surface area contributed by atoms with Gasteiger partial charge in [-0.2, -0.15) is 0 Å². The molecule has 5 rings (SSSR count). The average Bonchev–Trinajstić information content (AvgIpc) is 3.19. The van der Waals surface area contributed by atoms with Crippen LogP contribution in [-0.4, -0.2) is 80.4 Å². The van der Waals surface area contributed by atoms with E-state index in [4.69, 9.17) is 11.6 Å². The zero-order valence-electron chi connectivity index (χ0n) is 23.0. The van der Waals surface area contributed by atoms with E-state index in [1.54, 1.807) is 27.6 Å². The van der Waals surface area contributed by atoms with Crippen LogP contribution in [0.5, 0.6) is 0 Å². The highest BCUT2D eigenvalue weighted by atomic mass is 35.5. The van der Waals surface area contributed by atoms with Crippen LogP contribution < -0.4 is 4.90 Å². The molecule has 210 valence electrons. The van der Waals surface area contributed by atoms with Crippen LogP contribution in [0.2, 0.25) is 5.02 Å². The summed E-state index contributed by atoms with van der Waals surface area (Å²) >= 11 is 8.12. The number of halogens is 1. The Hall–Kier alpha value is -2.29. The lowest BCUT2D eigenvalue weighted by Crippen LogP contribution is -2.58. The van der Waals surface area contributed by atoms with Crippen molar-refractivity contribution in [1.29, 1.82) is 0 Å². The molecule has 4 heterocycles. The van der Waals surface area contributed by atoms with E-state index in [0.717, 1.165) is 12.8 Å². The van der Waals surface area contributed by atoms with E-state index in [1.807, 2.05) is 69.0 Å². The van der Waals surface area contributed by atoms with Gasteiger partial charge in [0.25, 0.3) is 5.91 Å². The third kappa shape index (κ3) is 4.25. The van der Waals surface area contributed by atoms with Crippen LogP contribution in [-0.2, 0) is 14.4 Å².